The zero-order valence-electron chi connectivity index (χ0n) is 23.9. The topological polar surface area (TPSA) is 81.2 Å². The Labute approximate surface area is 256 Å². The third-order valence-corrected chi connectivity index (χ3v) is 11.2. The molecular weight excluding hydrogens is 570 g/mol. The molecule has 220 valence electrons. The van der Waals surface area contributed by atoms with Gasteiger partial charge in [0.15, 0.2) is 0 Å². The molecule has 7 nitrogen and oxygen atoms in total. The second-order valence-electron chi connectivity index (χ2n) is 11.8. The van der Waals surface area contributed by atoms with Gasteiger partial charge in [-0.3, -0.25) is 14.4 Å². The summed E-state index contributed by atoms with van der Waals surface area (Å²) in [6.07, 6.45) is 9.23. The molecule has 1 unspecified atom stereocenters. The second kappa shape index (κ2) is 11.2. The molecule has 9 heteroatoms. The third kappa shape index (κ3) is 4.50. The number of para-hydroxylation sites is 1. The molecule has 0 aliphatic carbocycles. The molecule has 6 atom stereocenters. The lowest BCUT2D eigenvalue weighted by Crippen LogP contribution is -2.57. The molecule has 1 N–H and O–H groups in total. The van der Waals surface area contributed by atoms with Gasteiger partial charge in [-0.1, -0.05) is 85.3 Å². The van der Waals surface area contributed by atoms with E-state index in [2.05, 4.69) is 6.08 Å². The van der Waals surface area contributed by atoms with Crippen molar-refractivity contribution in [3.8, 4) is 0 Å². The molecule has 0 bridgehead atoms. The van der Waals surface area contributed by atoms with Crippen LogP contribution in [0.25, 0.3) is 0 Å². The van der Waals surface area contributed by atoms with Gasteiger partial charge in [0.05, 0.1) is 39.9 Å². The van der Waals surface area contributed by atoms with Crippen LogP contribution in [0.5, 0.6) is 0 Å². The molecule has 4 aliphatic heterocycles. The summed E-state index contributed by atoms with van der Waals surface area (Å²) < 4.78 is -1.68. The molecule has 2 aromatic rings. The molecule has 2 saturated heterocycles. The second-order valence-corrected chi connectivity index (χ2v) is 14.0. The normalized spacial score (nSPS) is 31.1. The summed E-state index contributed by atoms with van der Waals surface area (Å²) in [5.74, 6) is -1.97. The summed E-state index contributed by atoms with van der Waals surface area (Å²) in [6.45, 7) is 5.13. The minimum absolute atomic E-state index is 0.0515. The number of benzene rings is 2. The highest BCUT2D eigenvalue weighted by atomic mass is 35.5. The van der Waals surface area contributed by atoms with E-state index in [1.54, 1.807) is 33.7 Å². The Kier molecular flexibility index (Phi) is 7.75. The first kappa shape index (κ1) is 29.0. The molecule has 2 fully saturated rings. The van der Waals surface area contributed by atoms with Gasteiger partial charge in [0.2, 0.25) is 11.8 Å². The van der Waals surface area contributed by atoms with Crippen molar-refractivity contribution >= 4 is 46.8 Å². The molecule has 42 heavy (non-hydrogen) atoms. The van der Waals surface area contributed by atoms with Crippen LogP contribution in [0.15, 0.2) is 78.9 Å². The zero-order valence-corrected chi connectivity index (χ0v) is 25.4. The molecule has 0 radical (unpaired) electrons. The summed E-state index contributed by atoms with van der Waals surface area (Å²) >= 11 is 8.14. The Morgan fingerprint density at radius 3 is 2.38 bits per heavy atom. The van der Waals surface area contributed by atoms with Crippen LogP contribution in [-0.4, -0.2) is 80.4 Å². The number of aliphatic hydroxyl groups excluding tert-OH is 1. The Bertz CT molecular complexity index is 1450. The third-order valence-electron chi connectivity index (χ3n) is 9.13. The number of amides is 3. The minimum atomic E-state index is -0.997. The lowest BCUT2D eigenvalue weighted by atomic mass is 9.74. The first-order valence-corrected chi connectivity index (χ1v) is 15.8. The number of carbonyl (C=O) groups is 3. The van der Waals surface area contributed by atoms with Crippen molar-refractivity contribution in [1.82, 2.24) is 9.80 Å². The molecule has 0 saturated carbocycles. The number of carbonyl (C=O) groups excluding carboxylic acids is 3. The SMILES string of the molecule is CCCN1CC=C[C@@]2(C)S[C@]34C=CCN(c5ccccc5Cl)C(=O)C3N([C@@H](CO)Cc3ccccc3)C(=O)[C@@H]4[C@H]2C1=O. The van der Waals surface area contributed by atoms with Gasteiger partial charge >= 0.3 is 0 Å². The van der Waals surface area contributed by atoms with Crippen LogP contribution >= 0.6 is 23.4 Å². The van der Waals surface area contributed by atoms with E-state index in [0.717, 1.165) is 12.0 Å². The average Bonchev–Trinajstić information content (AvgIpc) is 3.26. The monoisotopic (exact) mass is 605 g/mol. The number of fused-ring (bicyclic) bond motifs is 2. The van der Waals surface area contributed by atoms with Crippen LogP contribution in [-0.2, 0) is 20.8 Å². The molecule has 1 spiro atoms. The van der Waals surface area contributed by atoms with Crippen LogP contribution < -0.4 is 4.90 Å². The Morgan fingerprint density at radius 1 is 0.952 bits per heavy atom. The molecule has 2 aromatic carbocycles. The van der Waals surface area contributed by atoms with Crippen LogP contribution in [0.1, 0.15) is 25.8 Å². The number of aliphatic hydroxyl groups is 1. The molecule has 3 amide bonds. The highest BCUT2D eigenvalue weighted by molar-refractivity contribution is 8.02. The van der Waals surface area contributed by atoms with Crippen molar-refractivity contribution in [1.29, 1.82) is 0 Å². The number of likely N-dealkylation sites (tertiary alicyclic amines) is 1. The van der Waals surface area contributed by atoms with E-state index >= 15 is 0 Å². The zero-order chi connectivity index (χ0) is 29.6. The molecule has 4 heterocycles. The standard InChI is InChI=1S/C33H36ClN3O4S/c1-3-17-35-18-9-15-32(2)26(29(35)39)27-30(40)37(23(21-38)20-22-11-5-4-6-12-22)28-31(41)36(19-10-16-33(27,28)42-32)25-14-8-7-13-24(25)34/h4-16,23,26-28,38H,3,17-21H2,1-2H3/t23-,26+,27+,28?,32-,33+/m1/s1. The number of thioether (sulfide) groups is 1. The van der Waals surface area contributed by atoms with Gasteiger partial charge in [0.1, 0.15) is 6.04 Å². The summed E-state index contributed by atoms with van der Waals surface area (Å²) in [4.78, 5) is 48.9. The van der Waals surface area contributed by atoms with Gasteiger partial charge in [0, 0.05) is 24.4 Å². The van der Waals surface area contributed by atoms with Gasteiger partial charge < -0.3 is 19.8 Å². The van der Waals surface area contributed by atoms with E-state index in [-0.39, 0.29) is 30.9 Å². The molecule has 6 rings (SSSR count). The highest BCUT2D eigenvalue weighted by Gasteiger charge is 2.74. The predicted octanol–water partition coefficient (Wildman–Crippen LogP) is 4.34. The van der Waals surface area contributed by atoms with E-state index in [4.69, 9.17) is 11.6 Å². The minimum Gasteiger partial charge on any atom is -0.394 e. The number of halogens is 1. The molecule has 0 aromatic heterocycles. The number of hydrogen-bond acceptors (Lipinski definition) is 5. The number of anilines is 1. The van der Waals surface area contributed by atoms with Gasteiger partial charge in [0.25, 0.3) is 5.91 Å². The summed E-state index contributed by atoms with van der Waals surface area (Å²) in [7, 11) is 0. The van der Waals surface area contributed by atoms with Gasteiger partial charge in [-0.15, -0.1) is 11.8 Å². The van der Waals surface area contributed by atoms with Crippen molar-refractivity contribution < 1.29 is 19.5 Å². The molecule has 4 aliphatic rings. The summed E-state index contributed by atoms with van der Waals surface area (Å²) in [5, 5.41) is 11.2. The number of rotatable bonds is 7. The Balaban J connectivity index is 1.51. The average molecular weight is 606 g/mol. The fourth-order valence-electron chi connectivity index (χ4n) is 7.40. The number of nitrogens with zero attached hydrogens (tertiary/aromatic N) is 3. The van der Waals surface area contributed by atoms with E-state index in [1.807, 2.05) is 79.4 Å². The fourth-order valence-corrected chi connectivity index (χ4v) is 9.78. The van der Waals surface area contributed by atoms with E-state index in [1.165, 1.54) is 0 Å². The largest absolute Gasteiger partial charge is 0.394 e. The van der Waals surface area contributed by atoms with E-state index in [0.29, 0.717) is 30.2 Å². The summed E-state index contributed by atoms with van der Waals surface area (Å²) in [5.41, 5.74) is 1.52. The quantitative estimate of drug-likeness (QED) is 0.475. The highest BCUT2D eigenvalue weighted by Crippen LogP contribution is 2.66. The van der Waals surface area contributed by atoms with Crippen molar-refractivity contribution in [2.75, 3.05) is 31.1 Å². The number of hydrogen-bond donors (Lipinski definition) is 1. The van der Waals surface area contributed by atoms with Gasteiger partial charge in [-0.05, 0) is 37.5 Å². The smallest absolute Gasteiger partial charge is 0.251 e. The maximum absolute atomic E-state index is 14.8. The van der Waals surface area contributed by atoms with Crippen LogP contribution in [0.4, 0.5) is 5.69 Å². The summed E-state index contributed by atoms with van der Waals surface area (Å²) in [6, 6.07) is 15.3. The van der Waals surface area contributed by atoms with Crippen LogP contribution in [0.3, 0.4) is 0 Å². The maximum atomic E-state index is 14.8. The Hall–Kier alpha value is -3.07. The maximum Gasteiger partial charge on any atom is 0.251 e. The lowest BCUT2D eigenvalue weighted by Gasteiger charge is -2.40. The van der Waals surface area contributed by atoms with Crippen molar-refractivity contribution in [3.05, 3.63) is 89.5 Å². The van der Waals surface area contributed by atoms with Crippen molar-refractivity contribution in [2.24, 2.45) is 11.8 Å². The van der Waals surface area contributed by atoms with E-state index < -0.39 is 33.4 Å². The lowest BCUT2D eigenvalue weighted by molar-refractivity contribution is -0.145. The molecular formula is C33H36ClN3O4S. The van der Waals surface area contributed by atoms with Crippen molar-refractivity contribution in [3.63, 3.8) is 0 Å². The Morgan fingerprint density at radius 2 is 1.67 bits per heavy atom. The first-order valence-electron chi connectivity index (χ1n) is 14.6. The first-order chi connectivity index (χ1) is 20.3. The van der Waals surface area contributed by atoms with Crippen LogP contribution in [0.2, 0.25) is 5.02 Å². The fraction of sp³-hybridized carbons (Fsp3) is 0.424. The van der Waals surface area contributed by atoms with Crippen molar-refractivity contribution in [2.45, 2.75) is 48.3 Å². The van der Waals surface area contributed by atoms with E-state index in [9.17, 15) is 19.5 Å². The van der Waals surface area contributed by atoms with Gasteiger partial charge in [-0.25, -0.2) is 0 Å². The van der Waals surface area contributed by atoms with Gasteiger partial charge in [-0.2, -0.15) is 0 Å². The predicted molar refractivity (Wildman–Crippen MR) is 166 cm³/mol. The van der Waals surface area contributed by atoms with Crippen LogP contribution in [0, 0.1) is 11.8 Å².